The Hall–Kier alpha value is -2.57. The molecule has 0 spiro atoms. The maximum absolute atomic E-state index is 12.5. The molecule has 0 bridgehead atoms. The van der Waals surface area contributed by atoms with Gasteiger partial charge in [0.2, 0.25) is 0 Å². The van der Waals surface area contributed by atoms with Crippen LogP contribution in [0.2, 0.25) is 5.02 Å². The zero-order valence-electron chi connectivity index (χ0n) is 14.8. The van der Waals surface area contributed by atoms with Gasteiger partial charge in [-0.1, -0.05) is 55.3 Å². The summed E-state index contributed by atoms with van der Waals surface area (Å²) in [6, 6.07) is 14.4. The van der Waals surface area contributed by atoms with Crippen LogP contribution in [-0.2, 0) is 0 Å². The normalized spacial score (nSPS) is 10.6. The summed E-state index contributed by atoms with van der Waals surface area (Å²) < 4.78 is 6.57. The highest BCUT2D eigenvalue weighted by atomic mass is 35.5. The van der Waals surface area contributed by atoms with Gasteiger partial charge in [-0.25, -0.2) is 0 Å². The van der Waals surface area contributed by atoms with Crippen molar-refractivity contribution >= 4 is 44.8 Å². The van der Waals surface area contributed by atoms with Crippen molar-refractivity contribution in [3.05, 3.63) is 64.0 Å². The van der Waals surface area contributed by atoms with Gasteiger partial charge in [-0.05, 0) is 24.6 Å². The topological polar surface area (TPSA) is 67.4 Å². The zero-order chi connectivity index (χ0) is 19.2. The Morgan fingerprint density at radius 3 is 2.52 bits per heavy atom. The van der Waals surface area contributed by atoms with E-state index >= 15 is 0 Å². The smallest absolute Gasteiger partial charge is 0.281 e. The van der Waals surface area contributed by atoms with Crippen LogP contribution >= 0.6 is 22.9 Å². The number of unbranched alkanes of at least 4 members (excludes halogenated alkanes) is 1. The monoisotopic (exact) mass is 402 g/mol. The molecule has 3 aromatic rings. The van der Waals surface area contributed by atoms with Gasteiger partial charge in [0.05, 0.1) is 17.2 Å². The van der Waals surface area contributed by atoms with Crippen molar-refractivity contribution in [3.63, 3.8) is 0 Å². The van der Waals surface area contributed by atoms with Crippen molar-refractivity contribution < 1.29 is 14.3 Å². The van der Waals surface area contributed by atoms with E-state index in [0.29, 0.717) is 27.8 Å². The van der Waals surface area contributed by atoms with E-state index in [9.17, 15) is 9.59 Å². The van der Waals surface area contributed by atoms with Gasteiger partial charge in [-0.15, -0.1) is 11.3 Å². The predicted molar refractivity (Wildman–Crippen MR) is 109 cm³/mol. The van der Waals surface area contributed by atoms with Crippen molar-refractivity contribution in [2.45, 2.75) is 19.8 Å². The molecular formula is C20H19ClN2O3S. The number of carbonyl (C=O) groups excluding carboxylic acids is 2. The van der Waals surface area contributed by atoms with Gasteiger partial charge in [0.1, 0.15) is 10.6 Å². The molecule has 0 unspecified atom stereocenters. The number of rotatable bonds is 6. The first-order valence-electron chi connectivity index (χ1n) is 8.61. The van der Waals surface area contributed by atoms with Gasteiger partial charge >= 0.3 is 0 Å². The largest absolute Gasteiger partial charge is 0.493 e. The fourth-order valence-electron chi connectivity index (χ4n) is 2.50. The van der Waals surface area contributed by atoms with Crippen LogP contribution in [0.15, 0.2) is 48.5 Å². The van der Waals surface area contributed by atoms with Crippen molar-refractivity contribution in [1.82, 2.24) is 10.9 Å². The molecule has 0 atom stereocenters. The Balaban J connectivity index is 1.68. The first kappa shape index (κ1) is 19.2. The lowest BCUT2D eigenvalue weighted by Crippen LogP contribution is -2.41. The number of para-hydroxylation sites is 1. The number of hydrogen-bond donors (Lipinski definition) is 2. The minimum Gasteiger partial charge on any atom is -0.493 e. The Bertz CT molecular complexity index is 971. The van der Waals surface area contributed by atoms with Gasteiger partial charge in [0.15, 0.2) is 0 Å². The Morgan fingerprint density at radius 1 is 1.04 bits per heavy atom. The molecule has 0 radical (unpaired) electrons. The van der Waals surface area contributed by atoms with Gasteiger partial charge in [-0.2, -0.15) is 0 Å². The number of hydrogen-bond acceptors (Lipinski definition) is 4. The Kier molecular flexibility index (Phi) is 6.32. The molecule has 1 heterocycles. The van der Waals surface area contributed by atoms with Crippen molar-refractivity contribution in [2.75, 3.05) is 6.61 Å². The van der Waals surface area contributed by atoms with E-state index in [4.69, 9.17) is 16.3 Å². The Labute approximate surface area is 166 Å². The maximum atomic E-state index is 12.5. The molecule has 1 aromatic heterocycles. The minimum atomic E-state index is -0.459. The lowest BCUT2D eigenvalue weighted by atomic mass is 10.2. The van der Waals surface area contributed by atoms with Gasteiger partial charge < -0.3 is 4.74 Å². The van der Waals surface area contributed by atoms with Crippen LogP contribution in [0.5, 0.6) is 5.75 Å². The second-order valence-electron chi connectivity index (χ2n) is 5.85. The van der Waals surface area contributed by atoms with Crippen LogP contribution in [0, 0.1) is 0 Å². The highest BCUT2D eigenvalue weighted by molar-refractivity contribution is 7.21. The van der Waals surface area contributed by atoms with Gasteiger partial charge in [-0.3, -0.25) is 20.4 Å². The van der Waals surface area contributed by atoms with Gasteiger partial charge in [0, 0.05) is 10.1 Å². The first-order valence-corrected chi connectivity index (χ1v) is 9.80. The number of ether oxygens (including phenoxy) is 1. The second kappa shape index (κ2) is 8.88. The molecule has 0 aliphatic carbocycles. The standard InChI is InChI=1S/C20H19ClN2O3S/c1-2-3-12-26-15-10-6-4-8-13(15)19(24)22-23-20(25)18-17(21)14-9-5-7-11-16(14)27-18/h4-11H,2-3,12H2,1H3,(H,22,24)(H,23,25). The van der Waals surface area contributed by atoms with Crippen LogP contribution in [0.4, 0.5) is 0 Å². The quantitative estimate of drug-likeness (QED) is 0.459. The molecule has 7 heteroatoms. The Morgan fingerprint density at radius 2 is 1.74 bits per heavy atom. The third-order valence-corrected chi connectivity index (χ3v) is 5.59. The van der Waals surface area contributed by atoms with E-state index in [1.165, 1.54) is 11.3 Å². The molecule has 3 rings (SSSR count). The lowest BCUT2D eigenvalue weighted by Gasteiger charge is -2.11. The maximum Gasteiger partial charge on any atom is 0.281 e. The van der Waals surface area contributed by atoms with E-state index < -0.39 is 11.8 Å². The molecule has 0 aliphatic heterocycles. The SMILES string of the molecule is CCCCOc1ccccc1C(=O)NNC(=O)c1sc2ccccc2c1Cl. The summed E-state index contributed by atoms with van der Waals surface area (Å²) in [7, 11) is 0. The number of fused-ring (bicyclic) bond motifs is 1. The number of benzene rings is 2. The summed E-state index contributed by atoms with van der Waals surface area (Å²) >= 11 is 7.57. The molecule has 140 valence electrons. The fourth-order valence-corrected chi connectivity index (χ4v) is 3.92. The van der Waals surface area contributed by atoms with Crippen molar-refractivity contribution in [2.24, 2.45) is 0 Å². The van der Waals surface area contributed by atoms with E-state index in [2.05, 4.69) is 17.8 Å². The molecule has 27 heavy (non-hydrogen) atoms. The number of halogens is 1. The van der Waals surface area contributed by atoms with Crippen LogP contribution in [0.1, 0.15) is 39.8 Å². The number of hydrazine groups is 1. The van der Waals surface area contributed by atoms with Crippen LogP contribution in [0.3, 0.4) is 0 Å². The van der Waals surface area contributed by atoms with E-state index in [1.54, 1.807) is 24.3 Å². The zero-order valence-corrected chi connectivity index (χ0v) is 16.3. The van der Waals surface area contributed by atoms with E-state index in [1.807, 2.05) is 24.3 Å². The van der Waals surface area contributed by atoms with E-state index in [0.717, 1.165) is 22.9 Å². The summed E-state index contributed by atoms with van der Waals surface area (Å²) in [5, 5.41) is 1.20. The van der Waals surface area contributed by atoms with Crippen LogP contribution in [-0.4, -0.2) is 18.4 Å². The number of nitrogens with one attached hydrogen (secondary N) is 2. The van der Waals surface area contributed by atoms with Crippen molar-refractivity contribution in [3.8, 4) is 5.75 Å². The average molecular weight is 403 g/mol. The number of thiophene rings is 1. The third-order valence-electron chi connectivity index (χ3n) is 3.92. The number of carbonyl (C=O) groups is 2. The first-order chi connectivity index (χ1) is 13.1. The highest BCUT2D eigenvalue weighted by Gasteiger charge is 2.18. The molecule has 5 nitrogen and oxygen atoms in total. The molecule has 0 saturated heterocycles. The average Bonchev–Trinajstić information content (AvgIpc) is 3.03. The van der Waals surface area contributed by atoms with Crippen LogP contribution in [0.25, 0.3) is 10.1 Å². The number of amides is 2. The molecule has 0 saturated carbocycles. The predicted octanol–water partition coefficient (Wildman–Crippen LogP) is 4.81. The third kappa shape index (κ3) is 4.40. The fraction of sp³-hybridized carbons (Fsp3) is 0.200. The molecule has 2 aromatic carbocycles. The van der Waals surface area contributed by atoms with Crippen LogP contribution < -0.4 is 15.6 Å². The highest BCUT2D eigenvalue weighted by Crippen LogP contribution is 2.34. The summed E-state index contributed by atoms with van der Waals surface area (Å²) in [6.45, 7) is 2.60. The molecule has 2 amide bonds. The van der Waals surface area contributed by atoms with Crippen molar-refractivity contribution in [1.29, 1.82) is 0 Å². The van der Waals surface area contributed by atoms with E-state index in [-0.39, 0.29) is 0 Å². The lowest BCUT2D eigenvalue weighted by molar-refractivity contribution is 0.0846. The molecule has 0 fully saturated rings. The minimum absolute atomic E-state index is 0.352. The van der Waals surface area contributed by atoms with Gasteiger partial charge in [0.25, 0.3) is 11.8 Å². The molecular weight excluding hydrogens is 384 g/mol. The summed E-state index contributed by atoms with van der Waals surface area (Å²) in [4.78, 5) is 25.2. The molecule has 2 N–H and O–H groups in total. The molecule has 0 aliphatic rings. The summed E-state index contributed by atoms with van der Waals surface area (Å²) in [5.41, 5.74) is 5.21. The summed E-state index contributed by atoms with van der Waals surface area (Å²) in [5.74, 6) is -0.427. The summed E-state index contributed by atoms with van der Waals surface area (Å²) in [6.07, 6.45) is 1.90. The second-order valence-corrected chi connectivity index (χ2v) is 7.28.